The van der Waals surface area contributed by atoms with Crippen molar-refractivity contribution in [3.8, 4) is 0 Å². The van der Waals surface area contributed by atoms with Gasteiger partial charge in [0.15, 0.2) is 11.6 Å². The Morgan fingerprint density at radius 1 is 1.14 bits per heavy atom. The normalized spacial score (nSPS) is 10.5. The van der Waals surface area contributed by atoms with Crippen molar-refractivity contribution in [1.29, 1.82) is 0 Å². The lowest BCUT2D eigenvalue weighted by Crippen LogP contribution is -2.12. The highest BCUT2D eigenvalue weighted by Crippen LogP contribution is 2.23. The summed E-state index contributed by atoms with van der Waals surface area (Å²) in [5.74, 6) is -1.95. The summed E-state index contributed by atoms with van der Waals surface area (Å²) < 4.78 is 26.7. The molecule has 0 fully saturated rings. The van der Waals surface area contributed by atoms with Crippen molar-refractivity contribution >= 4 is 27.5 Å². The maximum atomic E-state index is 13.1. The number of hydrogen-bond donors (Lipinski definition) is 1. The molecule has 0 heterocycles. The van der Waals surface area contributed by atoms with Gasteiger partial charge in [0.05, 0.1) is 5.69 Å². The standard InChI is InChI=1S/C16H14BrF2NO/c1-10-2-6-15(12(17)8-10)20-16(21)7-4-11-3-5-13(18)14(19)9-11/h2-3,5-6,8-9H,4,7H2,1H3,(H,20,21). The molecular formula is C16H14BrF2NO. The molecule has 110 valence electrons. The van der Waals surface area contributed by atoms with Gasteiger partial charge in [-0.3, -0.25) is 4.79 Å². The van der Waals surface area contributed by atoms with Crippen LogP contribution in [0.25, 0.3) is 0 Å². The van der Waals surface area contributed by atoms with Gasteiger partial charge in [0.2, 0.25) is 5.91 Å². The van der Waals surface area contributed by atoms with Crippen LogP contribution in [0.15, 0.2) is 40.9 Å². The Kier molecular flexibility index (Phi) is 5.07. The Hall–Kier alpha value is -1.75. The molecule has 0 aliphatic heterocycles. The molecule has 0 aromatic heterocycles. The van der Waals surface area contributed by atoms with Crippen LogP contribution in [0.4, 0.5) is 14.5 Å². The smallest absolute Gasteiger partial charge is 0.224 e. The second-order valence-corrected chi connectivity index (χ2v) is 5.63. The lowest BCUT2D eigenvalue weighted by atomic mass is 10.1. The topological polar surface area (TPSA) is 29.1 Å². The Labute approximate surface area is 130 Å². The molecule has 1 N–H and O–H groups in total. The fraction of sp³-hybridized carbons (Fsp3) is 0.188. The molecular weight excluding hydrogens is 340 g/mol. The van der Waals surface area contributed by atoms with E-state index in [1.54, 1.807) is 0 Å². The van der Waals surface area contributed by atoms with Crippen molar-refractivity contribution < 1.29 is 13.6 Å². The minimum absolute atomic E-state index is 0.177. The number of amides is 1. The number of hydrogen-bond acceptors (Lipinski definition) is 1. The zero-order valence-corrected chi connectivity index (χ0v) is 13.0. The lowest BCUT2D eigenvalue weighted by molar-refractivity contribution is -0.116. The van der Waals surface area contributed by atoms with Crippen LogP contribution in [-0.2, 0) is 11.2 Å². The third kappa shape index (κ3) is 4.36. The van der Waals surface area contributed by atoms with E-state index in [4.69, 9.17) is 0 Å². The molecule has 0 saturated heterocycles. The molecule has 1 amide bonds. The Bertz CT molecular complexity index is 673. The van der Waals surface area contributed by atoms with E-state index in [0.29, 0.717) is 17.7 Å². The highest BCUT2D eigenvalue weighted by molar-refractivity contribution is 9.10. The molecule has 2 nitrogen and oxygen atoms in total. The van der Waals surface area contributed by atoms with Gasteiger partial charge in [0.25, 0.3) is 0 Å². The van der Waals surface area contributed by atoms with Crippen LogP contribution in [0.3, 0.4) is 0 Å². The maximum absolute atomic E-state index is 13.1. The first-order valence-corrected chi connectivity index (χ1v) is 7.25. The molecule has 0 atom stereocenters. The minimum atomic E-state index is -0.894. The van der Waals surface area contributed by atoms with E-state index < -0.39 is 11.6 Å². The Balaban J connectivity index is 1.94. The van der Waals surface area contributed by atoms with E-state index >= 15 is 0 Å². The molecule has 0 spiro atoms. The number of halogens is 3. The van der Waals surface area contributed by atoms with E-state index in [0.717, 1.165) is 22.2 Å². The van der Waals surface area contributed by atoms with E-state index in [9.17, 15) is 13.6 Å². The molecule has 2 aromatic carbocycles. The Morgan fingerprint density at radius 2 is 1.90 bits per heavy atom. The number of aryl methyl sites for hydroxylation is 2. The van der Waals surface area contributed by atoms with Crippen LogP contribution >= 0.6 is 15.9 Å². The third-order valence-electron chi connectivity index (χ3n) is 3.02. The molecule has 0 aliphatic rings. The summed E-state index contributed by atoms with van der Waals surface area (Å²) >= 11 is 3.38. The molecule has 21 heavy (non-hydrogen) atoms. The number of nitrogens with one attached hydrogen (secondary N) is 1. The third-order valence-corrected chi connectivity index (χ3v) is 3.68. The van der Waals surface area contributed by atoms with Crippen LogP contribution < -0.4 is 5.32 Å². The summed E-state index contributed by atoms with van der Waals surface area (Å²) in [6.45, 7) is 1.96. The quantitative estimate of drug-likeness (QED) is 0.854. The first-order valence-electron chi connectivity index (χ1n) is 6.45. The summed E-state index contributed by atoms with van der Waals surface area (Å²) in [7, 11) is 0. The van der Waals surface area contributed by atoms with Crippen molar-refractivity contribution in [2.75, 3.05) is 5.32 Å². The predicted octanol–water partition coefficient (Wildman–Crippen LogP) is 4.61. The molecule has 0 unspecified atom stereocenters. The molecule has 0 bridgehead atoms. The second-order valence-electron chi connectivity index (χ2n) is 4.78. The summed E-state index contributed by atoms with van der Waals surface area (Å²) in [6.07, 6.45) is 0.553. The number of rotatable bonds is 4. The van der Waals surface area contributed by atoms with E-state index in [-0.39, 0.29) is 12.3 Å². The van der Waals surface area contributed by atoms with Gasteiger partial charge in [0.1, 0.15) is 0 Å². The van der Waals surface area contributed by atoms with Crippen molar-refractivity contribution in [3.05, 3.63) is 63.6 Å². The van der Waals surface area contributed by atoms with Crippen molar-refractivity contribution in [3.63, 3.8) is 0 Å². The van der Waals surface area contributed by atoms with Crippen LogP contribution in [-0.4, -0.2) is 5.91 Å². The zero-order valence-electron chi connectivity index (χ0n) is 11.4. The van der Waals surface area contributed by atoms with Crippen LogP contribution in [0.2, 0.25) is 0 Å². The van der Waals surface area contributed by atoms with Crippen LogP contribution in [0, 0.1) is 18.6 Å². The summed E-state index contributed by atoms with van der Waals surface area (Å²) in [5, 5.41) is 2.78. The molecule has 0 aliphatic carbocycles. The average Bonchev–Trinajstić information content (AvgIpc) is 2.43. The van der Waals surface area contributed by atoms with Crippen molar-refractivity contribution in [2.45, 2.75) is 19.8 Å². The maximum Gasteiger partial charge on any atom is 0.224 e. The van der Waals surface area contributed by atoms with Gasteiger partial charge >= 0.3 is 0 Å². The molecule has 0 saturated carbocycles. The number of carbonyl (C=O) groups is 1. The summed E-state index contributed by atoms with van der Waals surface area (Å²) in [6, 6.07) is 9.28. The fourth-order valence-electron chi connectivity index (χ4n) is 1.89. The van der Waals surface area contributed by atoms with Gasteiger partial charge < -0.3 is 5.32 Å². The Morgan fingerprint density at radius 3 is 2.57 bits per heavy atom. The summed E-state index contributed by atoms with van der Waals surface area (Å²) in [5.41, 5.74) is 2.37. The van der Waals surface area contributed by atoms with Gasteiger partial charge in [0, 0.05) is 10.9 Å². The molecule has 5 heteroatoms. The van der Waals surface area contributed by atoms with E-state index in [2.05, 4.69) is 21.2 Å². The van der Waals surface area contributed by atoms with Gasteiger partial charge in [-0.1, -0.05) is 12.1 Å². The lowest BCUT2D eigenvalue weighted by Gasteiger charge is -2.08. The second kappa shape index (κ2) is 6.80. The molecule has 2 aromatic rings. The van der Waals surface area contributed by atoms with Crippen LogP contribution in [0.5, 0.6) is 0 Å². The first-order chi connectivity index (χ1) is 9.95. The van der Waals surface area contributed by atoms with Crippen molar-refractivity contribution in [1.82, 2.24) is 0 Å². The fourth-order valence-corrected chi connectivity index (χ4v) is 2.48. The first kappa shape index (κ1) is 15.6. The molecule has 2 rings (SSSR count). The highest BCUT2D eigenvalue weighted by atomic mass is 79.9. The van der Waals surface area contributed by atoms with Crippen LogP contribution in [0.1, 0.15) is 17.5 Å². The summed E-state index contributed by atoms with van der Waals surface area (Å²) in [4.78, 5) is 11.9. The van der Waals surface area contributed by atoms with Gasteiger partial charge in [-0.2, -0.15) is 0 Å². The number of anilines is 1. The predicted molar refractivity (Wildman–Crippen MR) is 82.2 cm³/mol. The number of carbonyl (C=O) groups excluding carboxylic acids is 1. The van der Waals surface area contributed by atoms with E-state index in [1.807, 2.05) is 25.1 Å². The zero-order chi connectivity index (χ0) is 15.4. The van der Waals surface area contributed by atoms with E-state index in [1.165, 1.54) is 6.07 Å². The van der Waals surface area contributed by atoms with Crippen molar-refractivity contribution in [2.24, 2.45) is 0 Å². The molecule has 0 radical (unpaired) electrons. The number of benzene rings is 2. The van der Waals surface area contributed by atoms with Gasteiger partial charge in [-0.15, -0.1) is 0 Å². The van der Waals surface area contributed by atoms with Gasteiger partial charge in [-0.25, -0.2) is 8.78 Å². The minimum Gasteiger partial charge on any atom is -0.325 e. The highest BCUT2D eigenvalue weighted by Gasteiger charge is 2.08. The average molecular weight is 354 g/mol. The SMILES string of the molecule is Cc1ccc(NC(=O)CCc2ccc(F)c(F)c2)c(Br)c1. The largest absolute Gasteiger partial charge is 0.325 e. The van der Waals surface area contributed by atoms with Gasteiger partial charge in [-0.05, 0) is 64.7 Å². The monoisotopic (exact) mass is 353 g/mol.